The average molecular weight is 241 g/mol. The molecule has 3 aromatic carbocycles. The van der Waals surface area contributed by atoms with Crippen LogP contribution in [-0.2, 0) is 0 Å². The molecule has 0 fully saturated rings. The zero-order valence-corrected chi connectivity index (χ0v) is 12.0. The van der Waals surface area contributed by atoms with Crippen molar-refractivity contribution in [2.45, 2.75) is 6.92 Å². The zero-order chi connectivity index (χ0) is 12.7. The van der Waals surface area contributed by atoms with E-state index < -0.39 is 0 Å². The third kappa shape index (κ3) is 2.37. The third-order valence-corrected chi connectivity index (χ3v) is 3.42. The van der Waals surface area contributed by atoms with Gasteiger partial charge in [-0.1, -0.05) is 42.9 Å². The van der Waals surface area contributed by atoms with Gasteiger partial charge in [0.2, 0.25) is 0 Å². The second kappa shape index (κ2) is 5.29. The summed E-state index contributed by atoms with van der Waals surface area (Å²) in [7, 11) is 4.18. The van der Waals surface area contributed by atoms with Gasteiger partial charge in [-0.05, 0) is 24.9 Å². The Morgan fingerprint density at radius 1 is 0.947 bits per heavy atom. The SMILES string of the molecule is Cc1[c-]cc2cc3ccccc3cc2c1N(C)C.[Li+]. The molecule has 3 aromatic rings. The maximum absolute atomic E-state index is 3.35. The summed E-state index contributed by atoms with van der Waals surface area (Å²) < 4.78 is 0. The van der Waals surface area contributed by atoms with E-state index in [-0.39, 0.29) is 18.9 Å². The molecule has 90 valence electrons. The Morgan fingerprint density at radius 2 is 1.58 bits per heavy atom. The van der Waals surface area contributed by atoms with Crippen LogP contribution in [0.3, 0.4) is 0 Å². The van der Waals surface area contributed by atoms with Crippen LogP contribution in [0.15, 0.2) is 42.5 Å². The van der Waals surface area contributed by atoms with E-state index >= 15 is 0 Å². The molecule has 0 spiro atoms. The van der Waals surface area contributed by atoms with E-state index in [1.165, 1.54) is 32.8 Å². The van der Waals surface area contributed by atoms with Gasteiger partial charge in [0, 0.05) is 0 Å². The van der Waals surface area contributed by atoms with E-state index in [0.29, 0.717) is 0 Å². The zero-order valence-electron chi connectivity index (χ0n) is 12.0. The van der Waals surface area contributed by atoms with Crippen LogP contribution in [0, 0.1) is 13.0 Å². The van der Waals surface area contributed by atoms with Gasteiger partial charge >= 0.3 is 18.9 Å². The molecule has 0 aliphatic heterocycles. The van der Waals surface area contributed by atoms with Crippen LogP contribution >= 0.6 is 0 Å². The molecule has 1 nitrogen and oxygen atoms in total. The van der Waals surface area contributed by atoms with Crippen LogP contribution in [0.5, 0.6) is 0 Å². The molecule has 0 bridgehead atoms. The smallest absolute Gasteiger partial charge is 0.428 e. The minimum absolute atomic E-state index is 0. The minimum Gasteiger partial charge on any atom is -0.428 e. The van der Waals surface area contributed by atoms with Crippen LogP contribution in [0.1, 0.15) is 5.56 Å². The molecule has 0 aromatic heterocycles. The topological polar surface area (TPSA) is 3.24 Å². The van der Waals surface area contributed by atoms with E-state index in [2.05, 4.69) is 74.4 Å². The summed E-state index contributed by atoms with van der Waals surface area (Å²) in [5.74, 6) is 0. The number of hydrogen-bond acceptors (Lipinski definition) is 1. The van der Waals surface area contributed by atoms with Crippen molar-refractivity contribution in [3.8, 4) is 0 Å². The molecule has 0 saturated carbocycles. The molecule has 2 heteroatoms. The van der Waals surface area contributed by atoms with Crippen LogP contribution < -0.4 is 23.8 Å². The predicted octanol–water partition coefficient (Wildman–Crippen LogP) is 1.17. The van der Waals surface area contributed by atoms with Gasteiger partial charge in [0.05, 0.1) is 0 Å². The molecule has 0 N–H and O–H groups in total. The van der Waals surface area contributed by atoms with Crippen molar-refractivity contribution in [3.05, 3.63) is 54.1 Å². The van der Waals surface area contributed by atoms with Crippen LogP contribution in [0.4, 0.5) is 5.69 Å². The second-order valence-corrected chi connectivity index (χ2v) is 4.94. The first-order valence-electron chi connectivity index (χ1n) is 6.18. The van der Waals surface area contributed by atoms with E-state index in [1.807, 2.05) is 0 Å². The first-order chi connectivity index (χ1) is 8.66. The fraction of sp³-hybridized carbons (Fsp3) is 0.176. The molecule has 0 unspecified atom stereocenters. The molecule has 0 aliphatic carbocycles. The number of nitrogens with zero attached hydrogens (tertiary/aromatic N) is 1. The molecule has 0 radical (unpaired) electrons. The summed E-state index contributed by atoms with van der Waals surface area (Å²) >= 11 is 0. The van der Waals surface area contributed by atoms with Crippen LogP contribution in [-0.4, -0.2) is 14.1 Å². The molecule has 0 heterocycles. The quantitative estimate of drug-likeness (QED) is 0.351. The number of fused-ring (bicyclic) bond motifs is 2. The molecule has 3 rings (SSSR count). The number of hydrogen-bond donors (Lipinski definition) is 0. The van der Waals surface area contributed by atoms with Crippen LogP contribution in [0.25, 0.3) is 21.5 Å². The second-order valence-electron chi connectivity index (χ2n) is 4.94. The molecular formula is C17H16LiN. The monoisotopic (exact) mass is 241 g/mol. The maximum atomic E-state index is 3.35. The Kier molecular flexibility index (Phi) is 3.90. The largest absolute Gasteiger partial charge is 1.00 e. The fourth-order valence-corrected chi connectivity index (χ4v) is 2.62. The first kappa shape index (κ1) is 14.0. The molecule has 0 saturated heterocycles. The van der Waals surface area contributed by atoms with Gasteiger partial charge in [-0.25, -0.2) is 0 Å². The van der Waals surface area contributed by atoms with Crippen LogP contribution in [0.2, 0.25) is 0 Å². The normalized spacial score (nSPS) is 10.5. The van der Waals surface area contributed by atoms with Gasteiger partial charge in [0.1, 0.15) is 0 Å². The van der Waals surface area contributed by atoms with Gasteiger partial charge in [-0.15, -0.1) is 22.4 Å². The number of rotatable bonds is 1. The summed E-state index contributed by atoms with van der Waals surface area (Å²) in [6.07, 6.45) is 0. The fourth-order valence-electron chi connectivity index (χ4n) is 2.62. The maximum Gasteiger partial charge on any atom is 1.00 e. The van der Waals surface area contributed by atoms with E-state index in [9.17, 15) is 0 Å². The van der Waals surface area contributed by atoms with Crippen molar-refractivity contribution < 1.29 is 18.9 Å². The van der Waals surface area contributed by atoms with E-state index in [4.69, 9.17) is 0 Å². The van der Waals surface area contributed by atoms with E-state index in [1.54, 1.807) is 0 Å². The Hall–Kier alpha value is -1.42. The summed E-state index contributed by atoms with van der Waals surface area (Å²) in [5, 5.41) is 5.13. The Bertz CT molecular complexity index is 732. The van der Waals surface area contributed by atoms with Crippen molar-refractivity contribution in [1.29, 1.82) is 0 Å². The molecule has 0 atom stereocenters. The standard InChI is InChI=1S/C17H16N.Li/c1-12-8-9-15-10-13-6-4-5-7-14(13)11-16(15)17(12)18(2)3;/h4-7,9-11H,1-3H3;/q-1;+1. The van der Waals surface area contributed by atoms with Gasteiger partial charge < -0.3 is 4.90 Å². The summed E-state index contributed by atoms with van der Waals surface area (Å²) in [6, 6.07) is 18.5. The van der Waals surface area contributed by atoms with Gasteiger partial charge in [0.25, 0.3) is 0 Å². The predicted molar refractivity (Wildman–Crippen MR) is 79.4 cm³/mol. The van der Waals surface area contributed by atoms with Crippen molar-refractivity contribution in [1.82, 2.24) is 0 Å². The molecule has 0 amide bonds. The van der Waals surface area contributed by atoms with Gasteiger partial charge in [0.15, 0.2) is 0 Å². The summed E-state index contributed by atoms with van der Waals surface area (Å²) in [6.45, 7) is 2.12. The molecule has 19 heavy (non-hydrogen) atoms. The van der Waals surface area contributed by atoms with Gasteiger partial charge in [-0.2, -0.15) is 12.1 Å². The summed E-state index contributed by atoms with van der Waals surface area (Å²) in [5.41, 5.74) is 2.46. The van der Waals surface area contributed by atoms with Crippen molar-refractivity contribution >= 4 is 27.2 Å². The third-order valence-electron chi connectivity index (χ3n) is 3.42. The molecule has 0 aliphatic rings. The molecular weight excluding hydrogens is 225 g/mol. The Morgan fingerprint density at radius 3 is 2.21 bits per heavy atom. The number of anilines is 1. The van der Waals surface area contributed by atoms with E-state index in [0.717, 1.165) is 0 Å². The minimum atomic E-state index is 0. The number of aryl methyl sites for hydroxylation is 1. The van der Waals surface area contributed by atoms with Crippen molar-refractivity contribution in [3.63, 3.8) is 0 Å². The number of benzene rings is 3. The Labute approximate surface area is 126 Å². The first-order valence-corrected chi connectivity index (χ1v) is 6.18. The average Bonchev–Trinajstić information content (AvgIpc) is 2.36. The van der Waals surface area contributed by atoms with Gasteiger partial charge in [-0.3, -0.25) is 0 Å². The Balaban J connectivity index is 0.00000133. The van der Waals surface area contributed by atoms with Crippen molar-refractivity contribution in [2.24, 2.45) is 0 Å². The summed E-state index contributed by atoms with van der Waals surface area (Å²) in [4.78, 5) is 2.17. The van der Waals surface area contributed by atoms with Crippen molar-refractivity contribution in [2.75, 3.05) is 19.0 Å².